The van der Waals surface area contributed by atoms with Crippen LogP contribution in [0.5, 0.6) is 0 Å². The second kappa shape index (κ2) is 4.35. The van der Waals surface area contributed by atoms with Crippen LogP contribution in [0.4, 0.5) is 5.69 Å². The number of pyridine rings is 1. The van der Waals surface area contributed by atoms with E-state index in [0.29, 0.717) is 0 Å². The number of nitrogens with zero attached hydrogens (tertiary/aromatic N) is 3. The van der Waals surface area contributed by atoms with E-state index in [1.165, 1.54) is 5.56 Å². The summed E-state index contributed by atoms with van der Waals surface area (Å²) in [5, 5.41) is 7.54. The monoisotopic (exact) mass is 216 g/mol. The van der Waals surface area contributed by atoms with E-state index in [9.17, 15) is 0 Å². The van der Waals surface area contributed by atoms with Gasteiger partial charge in [0, 0.05) is 24.5 Å². The quantitative estimate of drug-likeness (QED) is 0.856. The van der Waals surface area contributed by atoms with Crippen LogP contribution in [0.15, 0.2) is 30.7 Å². The van der Waals surface area contributed by atoms with Crippen LogP contribution in [-0.4, -0.2) is 14.8 Å². The van der Waals surface area contributed by atoms with Crippen LogP contribution in [0.1, 0.15) is 24.2 Å². The van der Waals surface area contributed by atoms with Crippen molar-refractivity contribution in [2.24, 2.45) is 7.05 Å². The van der Waals surface area contributed by atoms with Crippen LogP contribution in [0, 0.1) is 6.92 Å². The number of aryl methyl sites for hydroxylation is 2. The van der Waals surface area contributed by atoms with Crippen molar-refractivity contribution in [3.05, 3.63) is 42.0 Å². The third-order valence-electron chi connectivity index (χ3n) is 2.52. The Morgan fingerprint density at radius 2 is 2.12 bits per heavy atom. The Kier molecular flexibility index (Phi) is 2.90. The van der Waals surface area contributed by atoms with Crippen molar-refractivity contribution < 1.29 is 0 Å². The zero-order valence-electron chi connectivity index (χ0n) is 9.81. The number of hydrogen-bond donors (Lipinski definition) is 1. The second-order valence-electron chi connectivity index (χ2n) is 4.00. The Morgan fingerprint density at radius 1 is 1.31 bits per heavy atom. The molecule has 0 fully saturated rings. The molecule has 0 saturated heterocycles. The van der Waals surface area contributed by atoms with Crippen molar-refractivity contribution in [2.75, 3.05) is 5.32 Å². The summed E-state index contributed by atoms with van der Waals surface area (Å²) < 4.78 is 1.81. The van der Waals surface area contributed by atoms with Gasteiger partial charge < -0.3 is 5.32 Å². The second-order valence-corrected chi connectivity index (χ2v) is 4.00. The molecule has 2 aromatic rings. The molecule has 1 atom stereocenters. The van der Waals surface area contributed by atoms with E-state index >= 15 is 0 Å². The Bertz CT molecular complexity index is 458. The highest BCUT2D eigenvalue weighted by molar-refractivity contribution is 5.43. The Hall–Kier alpha value is -1.84. The predicted octanol–water partition coefficient (Wildman–Crippen LogP) is 2.30. The van der Waals surface area contributed by atoms with E-state index in [1.807, 2.05) is 44.7 Å². The fourth-order valence-corrected chi connectivity index (χ4v) is 1.55. The number of hydrogen-bond acceptors (Lipinski definition) is 3. The maximum Gasteiger partial charge on any atom is 0.0542 e. The SMILES string of the molecule is Cc1ccc(NC(C)c2cnn(C)c2)cn1. The largest absolute Gasteiger partial charge is 0.377 e. The summed E-state index contributed by atoms with van der Waals surface area (Å²) in [5.41, 5.74) is 3.23. The van der Waals surface area contributed by atoms with Gasteiger partial charge in [-0.15, -0.1) is 0 Å². The molecule has 0 aliphatic rings. The van der Waals surface area contributed by atoms with Crippen LogP contribution in [0.2, 0.25) is 0 Å². The van der Waals surface area contributed by atoms with E-state index in [2.05, 4.69) is 22.3 Å². The van der Waals surface area contributed by atoms with Gasteiger partial charge in [-0.1, -0.05) is 0 Å². The lowest BCUT2D eigenvalue weighted by Crippen LogP contribution is -2.06. The number of nitrogens with one attached hydrogen (secondary N) is 1. The van der Waals surface area contributed by atoms with Crippen LogP contribution in [-0.2, 0) is 7.05 Å². The van der Waals surface area contributed by atoms with E-state index in [0.717, 1.165) is 11.4 Å². The smallest absolute Gasteiger partial charge is 0.0542 e. The molecule has 0 saturated carbocycles. The summed E-state index contributed by atoms with van der Waals surface area (Å²) in [6.45, 7) is 4.09. The standard InChI is InChI=1S/C12H16N4/c1-9-4-5-12(7-13-9)15-10(2)11-6-14-16(3)8-11/h4-8,10,15H,1-3H3. The molecule has 0 spiro atoms. The molecular weight excluding hydrogens is 200 g/mol. The minimum atomic E-state index is 0.234. The number of rotatable bonds is 3. The van der Waals surface area contributed by atoms with E-state index < -0.39 is 0 Å². The molecule has 84 valence electrons. The summed E-state index contributed by atoms with van der Waals surface area (Å²) in [6, 6.07) is 4.27. The molecule has 0 bridgehead atoms. The molecule has 2 aromatic heterocycles. The fraction of sp³-hybridized carbons (Fsp3) is 0.333. The van der Waals surface area contributed by atoms with Gasteiger partial charge in [0.2, 0.25) is 0 Å². The van der Waals surface area contributed by atoms with Gasteiger partial charge in [-0.25, -0.2) is 0 Å². The molecule has 1 N–H and O–H groups in total. The minimum absolute atomic E-state index is 0.234. The molecule has 4 heteroatoms. The summed E-state index contributed by atoms with van der Waals surface area (Å²) in [4.78, 5) is 4.25. The predicted molar refractivity (Wildman–Crippen MR) is 64.2 cm³/mol. The first-order chi connectivity index (χ1) is 7.65. The Morgan fingerprint density at radius 3 is 2.69 bits per heavy atom. The summed E-state index contributed by atoms with van der Waals surface area (Å²) in [5.74, 6) is 0. The Labute approximate surface area is 95.3 Å². The minimum Gasteiger partial charge on any atom is -0.377 e. The van der Waals surface area contributed by atoms with Gasteiger partial charge >= 0.3 is 0 Å². The topological polar surface area (TPSA) is 42.7 Å². The van der Waals surface area contributed by atoms with Crippen molar-refractivity contribution in [1.82, 2.24) is 14.8 Å². The molecule has 0 radical (unpaired) electrons. The summed E-state index contributed by atoms with van der Waals surface area (Å²) >= 11 is 0. The van der Waals surface area contributed by atoms with Gasteiger partial charge in [0.1, 0.15) is 0 Å². The highest BCUT2D eigenvalue weighted by atomic mass is 15.2. The van der Waals surface area contributed by atoms with Gasteiger partial charge in [0.15, 0.2) is 0 Å². The first kappa shape index (κ1) is 10.7. The molecule has 2 heterocycles. The highest BCUT2D eigenvalue weighted by Gasteiger charge is 2.06. The van der Waals surface area contributed by atoms with Crippen molar-refractivity contribution in [1.29, 1.82) is 0 Å². The van der Waals surface area contributed by atoms with E-state index in [4.69, 9.17) is 0 Å². The molecule has 0 aromatic carbocycles. The summed E-state index contributed by atoms with van der Waals surface area (Å²) in [6.07, 6.45) is 5.74. The van der Waals surface area contributed by atoms with Gasteiger partial charge in [-0.05, 0) is 26.0 Å². The van der Waals surface area contributed by atoms with Gasteiger partial charge in [0.05, 0.1) is 24.1 Å². The molecule has 16 heavy (non-hydrogen) atoms. The average molecular weight is 216 g/mol. The van der Waals surface area contributed by atoms with Gasteiger partial charge in [-0.2, -0.15) is 5.10 Å². The molecule has 2 rings (SSSR count). The highest BCUT2D eigenvalue weighted by Crippen LogP contribution is 2.17. The van der Waals surface area contributed by atoms with Crippen LogP contribution >= 0.6 is 0 Å². The lowest BCUT2D eigenvalue weighted by Gasteiger charge is -2.13. The average Bonchev–Trinajstić information content (AvgIpc) is 2.68. The summed E-state index contributed by atoms with van der Waals surface area (Å²) in [7, 11) is 1.92. The van der Waals surface area contributed by atoms with Crippen molar-refractivity contribution in [3.8, 4) is 0 Å². The number of anilines is 1. The van der Waals surface area contributed by atoms with Crippen LogP contribution in [0.3, 0.4) is 0 Å². The van der Waals surface area contributed by atoms with E-state index in [-0.39, 0.29) is 6.04 Å². The number of aromatic nitrogens is 3. The molecule has 0 aliphatic carbocycles. The van der Waals surface area contributed by atoms with Crippen molar-refractivity contribution >= 4 is 5.69 Å². The van der Waals surface area contributed by atoms with Gasteiger partial charge in [-0.3, -0.25) is 9.67 Å². The molecule has 4 nitrogen and oxygen atoms in total. The normalized spacial score (nSPS) is 12.4. The van der Waals surface area contributed by atoms with Crippen molar-refractivity contribution in [2.45, 2.75) is 19.9 Å². The van der Waals surface area contributed by atoms with E-state index in [1.54, 1.807) is 4.68 Å². The molecule has 0 amide bonds. The van der Waals surface area contributed by atoms with Crippen LogP contribution < -0.4 is 5.32 Å². The van der Waals surface area contributed by atoms with Crippen molar-refractivity contribution in [3.63, 3.8) is 0 Å². The molecular formula is C12H16N4. The third-order valence-corrected chi connectivity index (χ3v) is 2.52. The lowest BCUT2D eigenvalue weighted by atomic mass is 10.2. The molecule has 1 unspecified atom stereocenters. The fourth-order valence-electron chi connectivity index (χ4n) is 1.55. The maximum absolute atomic E-state index is 4.25. The Balaban J connectivity index is 2.07. The maximum atomic E-state index is 4.25. The third kappa shape index (κ3) is 2.39. The lowest BCUT2D eigenvalue weighted by molar-refractivity contribution is 0.765. The van der Waals surface area contributed by atoms with Gasteiger partial charge in [0.25, 0.3) is 0 Å². The van der Waals surface area contributed by atoms with Crippen LogP contribution in [0.25, 0.3) is 0 Å². The first-order valence-electron chi connectivity index (χ1n) is 5.33. The molecule has 0 aliphatic heterocycles. The zero-order valence-corrected chi connectivity index (χ0v) is 9.81. The first-order valence-corrected chi connectivity index (χ1v) is 5.33. The zero-order chi connectivity index (χ0) is 11.5.